The number of nitrogens with zero attached hydrogens (tertiary/aromatic N) is 1. The molecule has 0 aliphatic carbocycles. The highest BCUT2D eigenvalue weighted by atomic mass is 19.1. The molecule has 5 heteroatoms. The summed E-state index contributed by atoms with van der Waals surface area (Å²) < 4.78 is 25.5. The van der Waals surface area contributed by atoms with Crippen LogP contribution < -0.4 is 4.74 Å². The SMILES string of the molecule is Cc1ccc(OCC(O)CN(Cc2ccccc2F)CC2CCCO2)cc1. The summed E-state index contributed by atoms with van der Waals surface area (Å²) in [7, 11) is 0. The van der Waals surface area contributed by atoms with E-state index in [9.17, 15) is 9.50 Å². The molecule has 1 fully saturated rings. The number of aryl methyl sites for hydroxylation is 1. The van der Waals surface area contributed by atoms with Crippen LogP contribution >= 0.6 is 0 Å². The van der Waals surface area contributed by atoms with Gasteiger partial charge in [-0.2, -0.15) is 0 Å². The Kier molecular flexibility index (Phi) is 7.21. The third-order valence-electron chi connectivity index (χ3n) is 4.77. The first-order valence-corrected chi connectivity index (χ1v) is 9.55. The minimum atomic E-state index is -0.667. The van der Waals surface area contributed by atoms with Gasteiger partial charge in [-0.15, -0.1) is 0 Å². The number of aliphatic hydroxyl groups excluding tert-OH is 1. The molecule has 2 atom stereocenters. The third-order valence-corrected chi connectivity index (χ3v) is 4.77. The van der Waals surface area contributed by atoms with E-state index < -0.39 is 6.10 Å². The molecule has 1 aliphatic heterocycles. The normalized spacial score (nSPS) is 18.0. The van der Waals surface area contributed by atoms with Crippen LogP contribution in [-0.4, -0.2) is 48.5 Å². The largest absolute Gasteiger partial charge is 0.491 e. The highest BCUT2D eigenvalue weighted by molar-refractivity contribution is 5.26. The van der Waals surface area contributed by atoms with Crippen LogP contribution in [0, 0.1) is 12.7 Å². The van der Waals surface area contributed by atoms with Crippen LogP contribution in [0.3, 0.4) is 0 Å². The minimum Gasteiger partial charge on any atom is -0.491 e. The van der Waals surface area contributed by atoms with Gasteiger partial charge < -0.3 is 14.6 Å². The maximum atomic E-state index is 14.1. The Labute approximate surface area is 160 Å². The number of hydrogen-bond acceptors (Lipinski definition) is 4. The highest BCUT2D eigenvalue weighted by Crippen LogP contribution is 2.17. The maximum absolute atomic E-state index is 14.1. The summed E-state index contributed by atoms with van der Waals surface area (Å²) in [6, 6.07) is 14.5. The van der Waals surface area contributed by atoms with Crippen molar-refractivity contribution in [3.8, 4) is 5.75 Å². The third kappa shape index (κ3) is 6.31. The van der Waals surface area contributed by atoms with E-state index in [2.05, 4.69) is 4.90 Å². The monoisotopic (exact) mass is 373 g/mol. The van der Waals surface area contributed by atoms with Crippen molar-refractivity contribution in [1.29, 1.82) is 0 Å². The average Bonchev–Trinajstić information content (AvgIpc) is 3.16. The number of hydrogen-bond donors (Lipinski definition) is 1. The fourth-order valence-electron chi connectivity index (χ4n) is 3.33. The zero-order valence-corrected chi connectivity index (χ0v) is 15.8. The van der Waals surface area contributed by atoms with Crippen molar-refractivity contribution in [2.24, 2.45) is 0 Å². The number of rotatable bonds is 9. The van der Waals surface area contributed by atoms with Gasteiger partial charge in [0.15, 0.2) is 0 Å². The lowest BCUT2D eigenvalue weighted by Gasteiger charge is -2.27. The van der Waals surface area contributed by atoms with Crippen molar-refractivity contribution in [2.45, 2.75) is 38.5 Å². The van der Waals surface area contributed by atoms with Crippen LogP contribution in [0.25, 0.3) is 0 Å². The van der Waals surface area contributed by atoms with Crippen molar-refractivity contribution in [3.05, 3.63) is 65.5 Å². The van der Waals surface area contributed by atoms with E-state index >= 15 is 0 Å². The molecule has 1 saturated heterocycles. The first kappa shape index (κ1) is 19.8. The second kappa shape index (κ2) is 9.83. The molecule has 0 aromatic heterocycles. The fraction of sp³-hybridized carbons (Fsp3) is 0.455. The molecule has 2 unspecified atom stereocenters. The molecule has 27 heavy (non-hydrogen) atoms. The lowest BCUT2D eigenvalue weighted by molar-refractivity contribution is 0.0310. The molecule has 2 aromatic rings. The van der Waals surface area contributed by atoms with Gasteiger partial charge in [0.05, 0.1) is 6.10 Å². The topological polar surface area (TPSA) is 41.9 Å². The van der Waals surface area contributed by atoms with Crippen molar-refractivity contribution < 1.29 is 19.0 Å². The molecule has 0 bridgehead atoms. The predicted octanol–water partition coefficient (Wildman–Crippen LogP) is 3.56. The molecule has 1 aliphatic rings. The van der Waals surface area contributed by atoms with Crippen LogP contribution in [0.15, 0.2) is 48.5 Å². The molecule has 146 valence electrons. The summed E-state index contributed by atoms with van der Waals surface area (Å²) >= 11 is 0. The molecule has 3 rings (SSSR count). The Hall–Kier alpha value is -1.95. The summed E-state index contributed by atoms with van der Waals surface area (Å²) in [5.74, 6) is 0.514. The standard InChI is InChI=1S/C22H28FNO3/c1-17-8-10-20(11-9-17)27-16-19(25)14-24(15-21-6-4-12-26-21)13-18-5-2-3-7-22(18)23/h2-3,5,7-11,19,21,25H,4,6,12-16H2,1H3. The second-order valence-corrected chi connectivity index (χ2v) is 7.20. The molecule has 0 amide bonds. The molecule has 1 N–H and O–H groups in total. The Morgan fingerprint density at radius 2 is 2.00 bits per heavy atom. The lowest BCUT2D eigenvalue weighted by Crippen LogP contribution is -2.39. The van der Waals surface area contributed by atoms with E-state index in [1.54, 1.807) is 12.1 Å². The molecule has 1 heterocycles. The van der Waals surface area contributed by atoms with Crippen LogP contribution in [0.4, 0.5) is 4.39 Å². The summed E-state index contributed by atoms with van der Waals surface area (Å²) in [5, 5.41) is 10.5. The Balaban J connectivity index is 1.57. The maximum Gasteiger partial charge on any atom is 0.127 e. The number of benzene rings is 2. The summed E-state index contributed by atoms with van der Waals surface area (Å²) in [4.78, 5) is 2.05. The lowest BCUT2D eigenvalue weighted by atomic mass is 10.1. The van der Waals surface area contributed by atoms with Gasteiger partial charge in [0.2, 0.25) is 0 Å². The number of ether oxygens (including phenoxy) is 2. The van der Waals surface area contributed by atoms with Gasteiger partial charge in [-0.25, -0.2) is 4.39 Å². The van der Waals surface area contributed by atoms with Gasteiger partial charge in [0.1, 0.15) is 24.3 Å². The zero-order valence-electron chi connectivity index (χ0n) is 15.8. The fourth-order valence-corrected chi connectivity index (χ4v) is 3.33. The smallest absolute Gasteiger partial charge is 0.127 e. The van der Waals surface area contributed by atoms with E-state index in [1.165, 1.54) is 6.07 Å². The van der Waals surface area contributed by atoms with Gasteiger partial charge in [-0.1, -0.05) is 35.9 Å². The minimum absolute atomic E-state index is 0.141. The van der Waals surface area contributed by atoms with Gasteiger partial charge in [0, 0.05) is 31.8 Å². The van der Waals surface area contributed by atoms with E-state index in [4.69, 9.17) is 9.47 Å². The van der Waals surface area contributed by atoms with E-state index in [-0.39, 0.29) is 18.5 Å². The Bertz CT molecular complexity index is 701. The molecule has 4 nitrogen and oxygen atoms in total. The predicted molar refractivity (Wildman–Crippen MR) is 103 cm³/mol. The number of halogens is 1. The summed E-state index contributed by atoms with van der Waals surface area (Å²) in [6.45, 7) is 4.51. The van der Waals surface area contributed by atoms with E-state index in [0.29, 0.717) is 25.2 Å². The van der Waals surface area contributed by atoms with Gasteiger partial charge in [0.25, 0.3) is 0 Å². The first-order chi connectivity index (χ1) is 13.1. The van der Waals surface area contributed by atoms with E-state index in [1.807, 2.05) is 37.3 Å². The second-order valence-electron chi connectivity index (χ2n) is 7.20. The van der Waals surface area contributed by atoms with Crippen LogP contribution in [-0.2, 0) is 11.3 Å². The van der Waals surface area contributed by atoms with Crippen molar-refractivity contribution in [2.75, 3.05) is 26.3 Å². The number of aliphatic hydroxyl groups is 1. The van der Waals surface area contributed by atoms with Crippen LogP contribution in [0.2, 0.25) is 0 Å². The zero-order chi connectivity index (χ0) is 19.1. The average molecular weight is 373 g/mol. The van der Waals surface area contributed by atoms with Crippen molar-refractivity contribution in [1.82, 2.24) is 4.90 Å². The molecule has 0 saturated carbocycles. The molecular weight excluding hydrogens is 345 g/mol. The van der Waals surface area contributed by atoms with Gasteiger partial charge in [-0.3, -0.25) is 4.90 Å². The quantitative estimate of drug-likeness (QED) is 0.730. The highest BCUT2D eigenvalue weighted by Gasteiger charge is 2.22. The molecular formula is C22H28FNO3. The van der Waals surface area contributed by atoms with E-state index in [0.717, 1.165) is 30.8 Å². The Morgan fingerprint density at radius 1 is 1.22 bits per heavy atom. The first-order valence-electron chi connectivity index (χ1n) is 9.55. The summed E-state index contributed by atoms with van der Waals surface area (Å²) in [6.07, 6.45) is 1.53. The Morgan fingerprint density at radius 3 is 2.70 bits per heavy atom. The summed E-state index contributed by atoms with van der Waals surface area (Å²) in [5.41, 5.74) is 1.79. The van der Waals surface area contributed by atoms with Crippen molar-refractivity contribution in [3.63, 3.8) is 0 Å². The van der Waals surface area contributed by atoms with Crippen LogP contribution in [0.1, 0.15) is 24.0 Å². The van der Waals surface area contributed by atoms with Gasteiger partial charge in [-0.05, 0) is 38.0 Å². The van der Waals surface area contributed by atoms with Crippen LogP contribution in [0.5, 0.6) is 5.75 Å². The molecule has 0 spiro atoms. The van der Waals surface area contributed by atoms with Gasteiger partial charge >= 0.3 is 0 Å². The van der Waals surface area contributed by atoms with Crippen molar-refractivity contribution >= 4 is 0 Å². The molecule has 2 aromatic carbocycles. The molecule has 0 radical (unpaired) electrons.